The van der Waals surface area contributed by atoms with E-state index in [0.717, 1.165) is 0 Å². The maximum atomic E-state index is 12.1. The number of benzene rings is 3. The van der Waals surface area contributed by atoms with Gasteiger partial charge in [0, 0.05) is 31.5 Å². The zero-order valence-electron chi connectivity index (χ0n) is 18.2. The van der Waals surface area contributed by atoms with Crippen LogP contribution in [0, 0.1) is 0 Å². The van der Waals surface area contributed by atoms with Crippen molar-refractivity contribution in [2.24, 2.45) is 0 Å². The summed E-state index contributed by atoms with van der Waals surface area (Å²) < 4.78 is 21.7. The van der Waals surface area contributed by atoms with E-state index >= 15 is 0 Å². The second kappa shape index (κ2) is 9.97. The summed E-state index contributed by atoms with van der Waals surface area (Å²) in [5.74, 6) is -1.06. The molecule has 0 spiro atoms. The van der Waals surface area contributed by atoms with Crippen LogP contribution in [-0.4, -0.2) is 30.4 Å². The number of rotatable bonds is 8. The van der Waals surface area contributed by atoms with Gasteiger partial charge in [-0.15, -0.1) is 0 Å². The molecule has 0 heterocycles. The Balaban J connectivity index is 2.16. The van der Waals surface area contributed by atoms with Crippen LogP contribution in [0.1, 0.15) is 25.0 Å². The van der Waals surface area contributed by atoms with Crippen molar-refractivity contribution in [3.05, 3.63) is 77.9 Å². The smallest absolute Gasteiger partial charge is 0.308 e. The van der Waals surface area contributed by atoms with E-state index in [4.69, 9.17) is 18.9 Å². The van der Waals surface area contributed by atoms with Gasteiger partial charge in [-0.05, 0) is 11.6 Å². The molecule has 0 bridgehead atoms. The lowest BCUT2D eigenvalue weighted by molar-refractivity contribution is -0.133. The Hall–Kier alpha value is -4.17. The highest BCUT2D eigenvalue weighted by Crippen LogP contribution is 2.45. The third kappa shape index (κ3) is 5.19. The van der Waals surface area contributed by atoms with Gasteiger partial charge in [-0.1, -0.05) is 48.5 Å². The van der Waals surface area contributed by atoms with Crippen LogP contribution in [0.5, 0.6) is 28.7 Å². The lowest BCUT2D eigenvalue weighted by Gasteiger charge is -2.25. The largest absolute Gasteiger partial charge is 0.493 e. The molecule has 0 saturated heterocycles. The van der Waals surface area contributed by atoms with Crippen molar-refractivity contribution < 1.29 is 38.4 Å². The first-order valence-corrected chi connectivity index (χ1v) is 9.89. The average Bonchev–Trinajstić information content (AvgIpc) is 2.80. The van der Waals surface area contributed by atoms with Crippen molar-refractivity contribution in [1.29, 1.82) is 0 Å². The fourth-order valence-corrected chi connectivity index (χ4v) is 3.22. The van der Waals surface area contributed by atoms with Crippen LogP contribution in [-0.2, 0) is 20.0 Å². The lowest BCUT2D eigenvalue weighted by atomic mass is 9.87. The molecule has 1 N–H and O–H groups in total. The number of hydrogen-bond donors (Lipinski definition) is 1. The first-order valence-electron chi connectivity index (χ1n) is 9.89. The lowest BCUT2D eigenvalue weighted by Crippen LogP contribution is -2.29. The topological polar surface area (TPSA) is 108 Å². The van der Waals surface area contributed by atoms with Crippen molar-refractivity contribution in [2.45, 2.75) is 19.4 Å². The highest BCUT2D eigenvalue weighted by Gasteiger charge is 2.34. The predicted octanol–water partition coefficient (Wildman–Crippen LogP) is 3.77. The van der Waals surface area contributed by atoms with Crippen LogP contribution >= 0.6 is 0 Å². The van der Waals surface area contributed by atoms with Gasteiger partial charge in [0.1, 0.15) is 11.5 Å². The van der Waals surface area contributed by atoms with Gasteiger partial charge in [0.05, 0.1) is 7.11 Å². The number of aliphatic hydroxyl groups is 1. The number of carbonyl (C=O) groups is 3. The SMILES string of the molecule is COc1cc(OC(C)=O)cc(Oc2ccccc2C(O)(C=O)c2ccccc2)c1OC(C)=O. The molecule has 0 aromatic heterocycles. The first kappa shape index (κ1) is 23.5. The van der Waals surface area contributed by atoms with Gasteiger partial charge in [-0.25, -0.2) is 0 Å². The number of para-hydroxylation sites is 1. The number of carbonyl (C=O) groups excluding carboxylic acids is 3. The molecule has 3 rings (SSSR count). The molecule has 3 aromatic rings. The van der Waals surface area contributed by atoms with Crippen LogP contribution in [0.2, 0.25) is 0 Å². The fourth-order valence-electron chi connectivity index (χ4n) is 3.22. The molecule has 3 aromatic carbocycles. The monoisotopic (exact) mass is 450 g/mol. The van der Waals surface area contributed by atoms with E-state index in [-0.39, 0.29) is 34.3 Å². The molecule has 170 valence electrons. The van der Waals surface area contributed by atoms with E-state index in [2.05, 4.69) is 0 Å². The zero-order valence-corrected chi connectivity index (χ0v) is 18.2. The molecule has 0 radical (unpaired) electrons. The zero-order chi connectivity index (χ0) is 24.0. The Morgan fingerprint density at radius 1 is 0.848 bits per heavy atom. The van der Waals surface area contributed by atoms with Crippen molar-refractivity contribution >= 4 is 18.2 Å². The molecule has 0 aliphatic rings. The predicted molar refractivity (Wildman–Crippen MR) is 118 cm³/mol. The summed E-state index contributed by atoms with van der Waals surface area (Å²) in [4.78, 5) is 35.2. The molecule has 1 unspecified atom stereocenters. The van der Waals surface area contributed by atoms with Crippen LogP contribution in [0.25, 0.3) is 0 Å². The van der Waals surface area contributed by atoms with Gasteiger partial charge in [0.15, 0.2) is 23.4 Å². The van der Waals surface area contributed by atoms with E-state index in [9.17, 15) is 19.5 Å². The number of esters is 2. The van der Waals surface area contributed by atoms with E-state index in [0.29, 0.717) is 11.8 Å². The van der Waals surface area contributed by atoms with Crippen LogP contribution in [0.3, 0.4) is 0 Å². The van der Waals surface area contributed by atoms with Gasteiger partial charge >= 0.3 is 11.9 Å². The third-order valence-electron chi connectivity index (χ3n) is 4.62. The molecular weight excluding hydrogens is 428 g/mol. The number of methoxy groups -OCH3 is 1. The van der Waals surface area contributed by atoms with Gasteiger partial charge in [0.2, 0.25) is 5.75 Å². The maximum Gasteiger partial charge on any atom is 0.308 e. The summed E-state index contributed by atoms with van der Waals surface area (Å²) >= 11 is 0. The van der Waals surface area contributed by atoms with Crippen molar-refractivity contribution in [1.82, 2.24) is 0 Å². The Kier molecular flexibility index (Phi) is 7.10. The van der Waals surface area contributed by atoms with E-state index in [1.54, 1.807) is 42.5 Å². The minimum atomic E-state index is -2.02. The highest BCUT2D eigenvalue weighted by molar-refractivity contribution is 5.76. The number of hydrogen-bond acceptors (Lipinski definition) is 8. The molecule has 8 nitrogen and oxygen atoms in total. The van der Waals surface area contributed by atoms with Gasteiger partial charge < -0.3 is 24.1 Å². The van der Waals surface area contributed by atoms with Crippen LogP contribution < -0.4 is 18.9 Å². The molecule has 8 heteroatoms. The Labute approximate surface area is 190 Å². The summed E-state index contributed by atoms with van der Waals surface area (Å²) in [6.07, 6.45) is 0.410. The minimum absolute atomic E-state index is 0.0328. The van der Waals surface area contributed by atoms with E-state index in [1.807, 2.05) is 0 Å². The summed E-state index contributed by atoms with van der Waals surface area (Å²) in [5.41, 5.74) is -1.53. The van der Waals surface area contributed by atoms with Crippen molar-refractivity contribution in [3.63, 3.8) is 0 Å². The number of aldehydes is 1. The quantitative estimate of drug-likeness (QED) is 0.314. The second-order valence-corrected chi connectivity index (χ2v) is 6.99. The minimum Gasteiger partial charge on any atom is -0.493 e. The third-order valence-corrected chi connectivity index (χ3v) is 4.62. The standard InChI is InChI=1S/C25H22O8/c1-16(27)31-19-13-22(30-3)24(32-17(2)28)23(14-19)33-21-12-8-7-11-20(21)25(29,15-26)18-9-5-4-6-10-18/h4-15,29H,1-3H3. The molecule has 0 saturated carbocycles. The molecular formula is C25H22O8. The molecule has 0 fully saturated rings. The van der Waals surface area contributed by atoms with E-state index < -0.39 is 17.5 Å². The Bertz CT molecular complexity index is 1170. The summed E-state index contributed by atoms with van der Waals surface area (Å²) in [6, 6.07) is 17.4. The maximum absolute atomic E-state index is 12.1. The molecule has 1 atom stereocenters. The van der Waals surface area contributed by atoms with Gasteiger partial charge in [-0.2, -0.15) is 0 Å². The Morgan fingerprint density at radius 2 is 1.45 bits per heavy atom. The number of ether oxygens (including phenoxy) is 4. The van der Waals surface area contributed by atoms with Gasteiger partial charge in [0.25, 0.3) is 0 Å². The van der Waals surface area contributed by atoms with Crippen molar-refractivity contribution in [3.8, 4) is 28.7 Å². The fraction of sp³-hybridized carbons (Fsp3) is 0.160. The average molecular weight is 450 g/mol. The normalized spacial score (nSPS) is 12.2. The van der Waals surface area contributed by atoms with Crippen LogP contribution in [0.15, 0.2) is 66.7 Å². The molecule has 0 aliphatic carbocycles. The Morgan fingerprint density at radius 3 is 2.06 bits per heavy atom. The summed E-state index contributed by atoms with van der Waals surface area (Å²) in [5, 5.41) is 11.3. The van der Waals surface area contributed by atoms with Crippen molar-refractivity contribution in [2.75, 3.05) is 7.11 Å². The molecule has 0 amide bonds. The molecule has 0 aliphatic heterocycles. The van der Waals surface area contributed by atoms with Gasteiger partial charge in [-0.3, -0.25) is 14.4 Å². The first-order chi connectivity index (χ1) is 15.8. The second-order valence-electron chi connectivity index (χ2n) is 6.99. The summed E-state index contributed by atoms with van der Waals surface area (Å²) in [6.45, 7) is 2.43. The van der Waals surface area contributed by atoms with E-state index in [1.165, 1.54) is 45.2 Å². The molecule has 33 heavy (non-hydrogen) atoms. The highest BCUT2D eigenvalue weighted by atomic mass is 16.6. The summed E-state index contributed by atoms with van der Waals surface area (Å²) in [7, 11) is 1.35. The van der Waals surface area contributed by atoms with Crippen LogP contribution in [0.4, 0.5) is 0 Å².